The molecule has 0 aromatic carbocycles. The molecule has 1 heterocycles. The summed E-state index contributed by atoms with van der Waals surface area (Å²) in [5, 5.41) is 4.64. The minimum Gasteiger partial charge on any atom is -0.269 e. The molecule has 0 saturated carbocycles. The molecule has 1 unspecified atom stereocenters. The van der Waals surface area contributed by atoms with Crippen molar-refractivity contribution in [1.82, 2.24) is 9.78 Å². The smallest absolute Gasteiger partial charge is 0.0643 e. The van der Waals surface area contributed by atoms with Crippen LogP contribution < -0.4 is 0 Å². The summed E-state index contributed by atoms with van der Waals surface area (Å²) in [7, 11) is 0. The minimum absolute atomic E-state index is 0.0591. The molecule has 3 heteroatoms. The molecule has 0 aliphatic rings. The predicted molar refractivity (Wildman–Crippen MR) is 74.7 cm³/mol. The van der Waals surface area contributed by atoms with Crippen LogP contribution in [0.1, 0.15) is 68.3 Å². The number of hydrogen-bond donors (Lipinski definition) is 0. The van der Waals surface area contributed by atoms with Crippen LogP contribution in [0.4, 0.5) is 0 Å². The molecule has 98 valence electrons. The van der Waals surface area contributed by atoms with Gasteiger partial charge in [0, 0.05) is 17.8 Å². The second-order valence-corrected chi connectivity index (χ2v) is 5.49. The highest BCUT2D eigenvalue weighted by Gasteiger charge is 2.15. The van der Waals surface area contributed by atoms with E-state index >= 15 is 0 Å². The summed E-state index contributed by atoms with van der Waals surface area (Å²) >= 11 is 6.18. The average molecular weight is 257 g/mol. The van der Waals surface area contributed by atoms with Crippen LogP contribution in [0.5, 0.6) is 0 Å². The quantitative estimate of drug-likeness (QED) is 0.508. The van der Waals surface area contributed by atoms with Crippen molar-refractivity contribution in [2.75, 3.05) is 0 Å². The van der Waals surface area contributed by atoms with Crippen molar-refractivity contribution in [1.29, 1.82) is 0 Å². The number of rotatable bonds is 7. The van der Waals surface area contributed by atoms with E-state index in [1.807, 2.05) is 6.92 Å². The molecule has 1 aromatic heterocycles. The molecule has 2 nitrogen and oxygen atoms in total. The lowest BCUT2D eigenvalue weighted by Gasteiger charge is -2.06. The van der Waals surface area contributed by atoms with Gasteiger partial charge in [-0.25, -0.2) is 0 Å². The Morgan fingerprint density at radius 1 is 1.18 bits per heavy atom. The topological polar surface area (TPSA) is 17.8 Å². The van der Waals surface area contributed by atoms with Crippen LogP contribution in [0, 0.1) is 13.8 Å². The van der Waals surface area contributed by atoms with E-state index in [1.165, 1.54) is 43.4 Å². The lowest BCUT2D eigenvalue weighted by molar-refractivity contribution is 0.522. The molecule has 0 radical (unpaired) electrons. The Labute approximate surface area is 110 Å². The average Bonchev–Trinajstić information content (AvgIpc) is 2.53. The van der Waals surface area contributed by atoms with Crippen molar-refractivity contribution in [3.8, 4) is 0 Å². The largest absolute Gasteiger partial charge is 0.269 e. The highest BCUT2D eigenvalue weighted by Crippen LogP contribution is 2.26. The third-order valence-electron chi connectivity index (χ3n) is 3.31. The fourth-order valence-electron chi connectivity index (χ4n) is 2.37. The van der Waals surface area contributed by atoms with Crippen molar-refractivity contribution < 1.29 is 0 Å². The molecule has 0 spiro atoms. The van der Waals surface area contributed by atoms with E-state index < -0.39 is 0 Å². The van der Waals surface area contributed by atoms with Gasteiger partial charge in [-0.3, -0.25) is 4.68 Å². The molecule has 1 rings (SSSR count). The van der Waals surface area contributed by atoms with E-state index in [-0.39, 0.29) is 5.38 Å². The van der Waals surface area contributed by atoms with Gasteiger partial charge in [-0.15, -0.1) is 11.6 Å². The lowest BCUT2D eigenvalue weighted by atomic mass is 10.1. The van der Waals surface area contributed by atoms with E-state index in [0.29, 0.717) is 0 Å². The monoisotopic (exact) mass is 256 g/mol. The Hall–Kier alpha value is -0.500. The third kappa shape index (κ3) is 4.02. The fraction of sp³-hybridized carbons (Fsp3) is 0.786. The molecule has 0 N–H and O–H groups in total. The molecule has 0 fully saturated rings. The van der Waals surface area contributed by atoms with Crippen LogP contribution in [0.15, 0.2) is 0 Å². The minimum atomic E-state index is 0.0591. The zero-order valence-corrected chi connectivity index (χ0v) is 12.3. The Morgan fingerprint density at radius 2 is 1.82 bits per heavy atom. The molecule has 0 bridgehead atoms. The van der Waals surface area contributed by atoms with Crippen LogP contribution in [0.3, 0.4) is 0 Å². The Kier molecular flexibility index (Phi) is 6.04. The van der Waals surface area contributed by atoms with Gasteiger partial charge in [-0.05, 0) is 27.2 Å². The molecule has 17 heavy (non-hydrogen) atoms. The van der Waals surface area contributed by atoms with Crippen LogP contribution in [-0.2, 0) is 6.54 Å². The van der Waals surface area contributed by atoms with Crippen LogP contribution in [0.25, 0.3) is 0 Å². The molecule has 0 saturated heterocycles. The molecular formula is C14H25ClN2. The predicted octanol–water partition coefficient (Wildman–Crippen LogP) is 4.77. The summed E-state index contributed by atoms with van der Waals surface area (Å²) in [5.41, 5.74) is 3.53. The van der Waals surface area contributed by atoms with Gasteiger partial charge in [0.2, 0.25) is 0 Å². The first-order valence-electron chi connectivity index (χ1n) is 6.75. The maximum atomic E-state index is 6.18. The van der Waals surface area contributed by atoms with Gasteiger partial charge in [0.25, 0.3) is 0 Å². The van der Waals surface area contributed by atoms with E-state index in [1.54, 1.807) is 0 Å². The summed E-state index contributed by atoms with van der Waals surface area (Å²) < 4.78 is 2.12. The van der Waals surface area contributed by atoms with Crippen molar-refractivity contribution in [2.45, 2.75) is 71.7 Å². The second-order valence-electron chi connectivity index (χ2n) is 4.84. The molecule has 0 aliphatic carbocycles. The summed E-state index contributed by atoms with van der Waals surface area (Å²) in [4.78, 5) is 0. The highest BCUT2D eigenvalue weighted by molar-refractivity contribution is 6.20. The second kappa shape index (κ2) is 7.05. The summed E-state index contributed by atoms with van der Waals surface area (Å²) in [6.45, 7) is 9.47. The fourth-order valence-corrected chi connectivity index (χ4v) is 2.69. The third-order valence-corrected chi connectivity index (χ3v) is 3.53. The van der Waals surface area contributed by atoms with Gasteiger partial charge in [-0.1, -0.05) is 32.6 Å². The van der Waals surface area contributed by atoms with Crippen molar-refractivity contribution in [3.05, 3.63) is 17.0 Å². The SMILES string of the molecule is CCCCCCCn1nc(C)c(C(C)Cl)c1C. The number of aromatic nitrogens is 2. The molecular weight excluding hydrogens is 232 g/mol. The Bertz CT molecular complexity index is 342. The molecule has 0 amide bonds. The van der Waals surface area contributed by atoms with Gasteiger partial charge in [-0.2, -0.15) is 5.10 Å². The zero-order chi connectivity index (χ0) is 12.8. The van der Waals surface area contributed by atoms with Gasteiger partial charge < -0.3 is 0 Å². The number of aryl methyl sites for hydroxylation is 2. The maximum Gasteiger partial charge on any atom is 0.0643 e. The number of halogens is 1. The summed E-state index contributed by atoms with van der Waals surface area (Å²) in [5.74, 6) is 0. The van der Waals surface area contributed by atoms with Crippen molar-refractivity contribution >= 4 is 11.6 Å². The van der Waals surface area contributed by atoms with E-state index in [2.05, 4.69) is 30.6 Å². The van der Waals surface area contributed by atoms with E-state index in [0.717, 1.165) is 12.2 Å². The normalized spacial score (nSPS) is 13.0. The standard InChI is InChI=1S/C14H25ClN2/c1-5-6-7-8-9-10-17-13(4)14(11(2)15)12(3)16-17/h11H,5-10H2,1-4H3. The Balaban J connectivity index is 2.52. The lowest BCUT2D eigenvalue weighted by Crippen LogP contribution is -2.03. The summed E-state index contributed by atoms with van der Waals surface area (Å²) in [6.07, 6.45) is 6.51. The van der Waals surface area contributed by atoms with Gasteiger partial charge in [0.1, 0.15) is 0 Å². The number of alkyl halides is 1. The molecule has 1 aromatic rings. The van der Waals surface area contributed by atoms with E-state index in [4.69, 9.17) is 11.6 Å². The highest BCUT2D eigenvalue weighted by atomic mass is 35.5. The first-order valence-corrected chi connectivity index (χ1v) is 7.19. The van der Waals surface area contributed by atoms with E-state index in [9.17, 15) is 0 Å². The number of unbranched alkanes of at least 4 members (excludes halogenated alkanes) is 4. The molecule has 0 aliphatic heterocycles. The van der Waals surface area contributed by atoms with Gasteiger partial charge >= 0.3 is 0 Å². The van der Waals surface area contributed by atoms with Crippen LogP contribution >= 0.6 is 11.6 Å². The Morgan fingerprint density at radius 3 is 2.35 bits per heavy atom. The summed E-state index contributed by atoms with van der Waals surface area (Å²) in [6, 6.07) is 0. The first kappa shape index (κ1) is 14.6. The van der Waals surface area contributed by atoms with Gasteiger partial charge in [0.05, 0.1) is 11.1 Å². The first-order chi connectivity index (χ1) is 8.07. The zero-order valence-electron chi connectivity index (χ0n) is 11.6. The maximum absolute atomic E-state index is 6.18. The van der Waals surface area contributed by atoms with Crippen molar-refractivity contribution in [2.24, 2.45) is 0 Å². The number of nitrogens with zero attached hydrogens (tertiary/aromatic N) is 2. The van der Waals surface area contributed by atoms with Gasteiger partial charge in [0.15, 0.2) is 0 Å². The van der Waals surface area contributed by atoms with Crippen LogP contribution in [-0.4, -0.2) is 9.78 Å². The van der Waals surface area contributed by atoms with Crippen LogP contribution in [0.2, 0.25) is 0 Å². The molecule has 1 atom stereocenters. The van der Waals surface area contributed by atoms with Crippen molar-refractivity contribution in [3.63, 3.8) is 0 Å². The number of hydrogen-bond acceptors (Lipinski definition) is 1.